The van der Waals surface area contributed by atoms with Crippen molar-refractivity contribution in [2.45, 2.75) is 20.3 Å². The molecular formula is C12H16BClF4NO2-. The van der Waals surface area contributed by atoms with E-state index >= 15 is 0 Å². The number of nitrogens with one attached hydrogen (secondary N) is 1. The van der Waals surface area contributed by atoms with Crippen molar-refractivity contribution in [3.63, 3.8) is 0 Å². The minimum absolute atomic E-state index is 0.0936. The summed E-state index contributed by atoms with van der Waals surface area (Å²) in [5.41, 5.74) is 0.600. The van der Waals surface area contributed by atoms with Crippen molar-refractivity contribution in [2.75, 3.05) is 13.2 Å². The maximum atomic E-state index is 9.75. The van der Waals surface area contributed by atoms with Crippen molar-refractivity contribution >= 4 is 24.8 Å². The Hall–Kier alpha value is -1.44. The maximum Gasteiger partial charge on any atom is 0.673 e. The highest BCUT2D eigenvalue weighted by Gasteiger charge is 2.20. The molecule has 1 N–H and O–H groups in total. The molecule has 0 radical (unpaired) electrons. The zero-order chi connectivity index (χ0) is 16.5. The molecule has 1 rings (SSSR count). The first-order valence-electron chi connectivity index (χ1n) is 6.20. The maximum absolute atomic E-state index is 9.75. The summed E-state index contributed by atoms with van der Waals surface area (Å²) in [7, 11) is -6.00. The number of hydrogen-bond acceptors (Lipinski definition) is 3. The highest BCUT2D eigenvalue weighted by Crippen LogP contribution is 2.23. The number of hydrogen-bond donors (Lipinski definition) is 1. The Morgan fingerprint density at radius 1 is 1.24 bits per heavy atom. The van der Waals surface area contributed by atoms with Crippen LogP contribution in [0.5, 0.6) is 5.75 Å². The van der Waals surface area contributed by atoms with Gasteiger partial charge in [-0.1, -0.05) is 18.5 Å². The second kappa shape index (κ2) is 9.49. The molecule has 0 amide bonds. The molecule has 0 fully saturated rings. The van der Waals surface area contributed by atoms with Crippen molar-refractivity contribution in [1.82, 2.24) is 0 Å². The molecular weight excluding hydrogens is 312 g/mol. The van der Waals surface area contributed by atoms with Gasteiger partial charge < -0.3 is 26.7 Å². The smallest absolute Gasteiger partial charge is 0.493 e. The summed E-state index contributed by atoms with van der Waals surface area (Å²) in [6.45, 7) is 4.95. The minimum Gasteiger partial charge on any atom is -0.493 e. The third-order valence-electron chi connectivity index (χ3n) is 1.94. The Labute approximate surface area is 125 Å². The zero-order valence-corrected chi connectivity index (χ0v) is 12.4. The summed E-state index contributed by atoms with van der Waals surface area (Å²) in [6, 6.07) is 5.20. The lowest BCUT2D eigenvalue weighted by Gasteiger charge is -2.12. The second-order valence-electron chi connectivity index (χ2n) is 3.75. The van der Waals surface area contributed by atoms with Gasteiger partial charge in [-0.2, -0.15) is 0 Å². The second-order valence-corrected chi connectivity index (χ2v) is 4.18. The van der Waals surface area contributed by atoms with Crippen molar-refractivity contribution in [1.29, 1.82) is 5.41 Å². The minimum atomic E-state index is -6.00. The molecule has 1 aromatic rings. The molecule has 1 aromatic carbocycles. The summed E-state index contributed by atoms with van der Waals surface area (Å²) in [6.07, 6.45) is 0.921. The van der Waals surface area contributed by atoms with E-state index in [2.05, 4.69) is 0 Å². The first kappa shape index (κ1) is 19.6. The van der Waals surface area contributed by atoms with Crippen LogP contribution >= 0.6 is 11.6 Å². The third kappa shape index (κ3) is 10.0. The van der Waals surface area contributed by atoms with Gasteiger partial charge in [0.15, 0.2) is 0 Å². The van der Waals surface area contributed by atoms with E-state index in [0.717, 1.165) is 6.42 Å². The van der Waals surface area contributed by atoms with Gasteiger partial charge in [0, 0.05) is 5.02 Å². The van der Waals surface area contributed by atoms with Crippen LogP contribution in [0.25, 0.3) is 0 Å². The Kier molecular flexibility index (Phi) is 8.84. The van der Waals surface area contributed by atoms with Crippen LogP contribution in [-0.4, -0.2) is 26.4 Å². The fourth-order valence-electron chi connectivity index (χ4n) is 1.24. The predicted molar refractivity (Wildman–Crippen MR) is 75.9 cm³/mol. The van der Waals surface area contributed by atoms with Crippen LogP contribution in [0.3, 0.4) is 0 Å². The number of halogens is 5. The van der Waals surface area contributed by atoms with Crippen molar-refractivity contribution in [2.24, 2.45) is 0 Å². The molecule has 0 spiro atoms. The molecule has 0 saturated carbocycles. The Morgan fingerprint density at radius 3 is 2.29 bits per heavy atom. The standard InChI is InChI=1S/C12H16ClNO2.BF4/c1-3-7-16-11-6-5-9(13)8-10(11)12(14)15-4-2;2-1(3,4)5/h5-6,8,14H,3-4,7H2,1-2H3;/q;-1. The van der Waals surface area contributed by atoms with Crippen LogP contribution < -0.4 is 4.74 Å². The van der Waals surface area contributed by atoms with E-state index in [1.165, 1.54) is 0 Å². The van der Waals surface area contributed by atoms with Crippen LogP contribution in [-0.2, 0) is 4.74 Å². The van der Waals surface area contributed by atoms with Gasteiger partial charge in [-0.3, -0.25) is 5.41 Å². The normalized spacial score (nSPS) is 10.4. The monoisotopic (exact) mass is 328 g/mol. The first-order chi connectivity index (χ1) is 9.69. The topological polar surface area (TPSA) is 42.3 Å². The van der Waals surface area contributed by atoms with Crippen molar-refractivity contribution in [3.8, 4) is 5.75 Å². The number of rotatable bonds is 5. The molecule has 0 aliphatic heterocycles. The van der Waals surface area contributed by atoms with Gasteiger partial charge in [0.25, 0.3) is 0 Å². The average molecular weight is 329 g/mol. The SMILES string of the molecule is CCCOc1ccc(Cl)cc1C(=N)OCC.F[B-](F)(F)F. The Morgan fingerprint density at radius 2 is 1.81 bits per heavy atom. The molecule has 0 heterocycles. The van der Waals surface area contributed by atoms with Crippen LogP contribution in [0.4, 0.5) is 17.3 Å². The molecule has 21 heavy (non-hydrogen) atoms. The molecule has 0 aliphatic rings. The molecule has 0 atom stereocenters. The lowest BCUT2D eigenvalue weighted by molar-refractivity contribution is 0.305. The van der Waals surface area contributed by atoms with E-state index in [9.17, 15) is 17.3 Å². The van der Waals surface area contributed by atoms with Gasteiger partial charge in [0.2, 0.25) is 5.90 Å². The van der Waals surface area contributed by atoms with E-state index < -0.39 is 7.25 Å². The van der Waals surface area contributed by atoms with Gasteiger partial charge in [0.1, 0.15) is 5.75 Å². The molecule has 0 aliphatic carbocycles. The van der Waals surface area contributed by atoms with Crippen LogP contribution in [0.2, 0.25) is 5.02 Å². The lowest BCUT2D eigenvalue weighted by atomic mass is 10.2. The molecule has 0 aromatic heterocycles. The van der Waals surface area contributed by atoms with Gasteiger partial charge in [-0.15, -0.1) is 0 Å². The van der Waals surface area contributed by atoms with E-state index in [1.807, 2.05) is 13.8 Å². The average Bonchev–Trinajstić information content (AvgIpc) is 2.35. The highest BCUT2D eigenvalue weighted by molar-refractivity contribution is 6.50. The van der Waals surface area contributed by atoms with Gasteiger partial charge in [0.05, 0.1) is 18.8 Å². The summed E-state index contributed by atoms with van der Waals surface area (Å²) in [5.74, 6) is 0.737. The summed E-state index contributed by atoms with van der Waals surface area (Å²) in [4.78, 5) is 0. The Balaban J connectivity index is 0.000000690. The van der Waals surface area contributed by atoms with E-state index in [0.29, 0.717) is 29.5 Å². The molecule has 9 heteroatoms. The predicted octanol–water partition coefficient (Wildman–Crippen LogP) is 4.79. The fraction of sp³-hybridized carbons (Fsp3) is 0.417. The largest absolute Gasteiger partial charge is 0.673 e. The first-order valence-corrected chi connectivity index (χ1v) is 6.58. The number of benzene rings is 1. The summed E-state index contributed by atoms with van der Waals surface area (Å²) in [5, 5.41) is 8.31. The van der Waals surface area contributed by atoms with Crippen molar-refractivity contribution in [3.05, 3.63) is 28.8 Å². The van der Waals surface area contributed by atoms with Gasteiger partial charge >= 0.3 is 7.25 Å². The molecule has 0 saturated heterocycles. The summed E-state index contributed by atoms with van der Waals surface area (Å²) < 4.78 is 49.7. The van der Waals surface area contributed by atoms with E-state index in [4.69, 9.17) is 26.5 Å². The highest BCUT2D eigenvalue weighted by atomic mass is 35.5. The van der Waals surface area contributed by atoms with Crippen molar-refractivity contribution < 1.29 is 26.7 Å². The molecule has 0 bridgehead atoms. The third-order valence-corrected chi connectivity index (χ3v) is 2.17. The van der Waals surface area contributed by atoms with Gasteiger partial charge in [-0.25, -0.2) is 0 Å². The van der Waals surface area contributed by atoms with E-state index in [1.54, 1.807) is 18.2 Å². The van der Waals surface area contributed by atoms with Gasteiger partial charge in [-0.05, 0) is 31.5 Å². The molecule has 120 valence electrons. The number of ether oxygens (including phenoxy) is 2. The molecule has 0 unspecified atom stereocenters. The quantitative estimate of drug-likeness (QED) is 0.365. The van der Waals surface area contributed by atoms with Crippen LogP contribution in [0, 0.1) is 5.41 Å². The zero-order valence-electron chi connectivity index (χ0n) is 11.6. The molecule has 3 nitrogen and oxygen atoms in total. The van der Waals surface area contributed by atoms with Crippen LogP contribution in [0.15, 0.2) is 18.2 Å². The Bertz CT molecular complexity index is 451. The fourth-order valence-corrected chi connectivity index (χ4v) is 1.41. The van der Waals surface area contributed by atoms with Crippen LogP contribution in [0.1, 0.15) is 25.8 Å². The van der Waals surface area contributed by atoms with E-state index in [-0.39, 0.29) is 5.90 Å². The lowest BCUT2D eigenvalue weighted by Crippen LogP contribution is -2.08. The summed E-state index contributed by atoms with van der Waals surface area (Å²) >= 11 is 5.89.